The zero-order valence-corrected chi connectivity index (χ0v) is 24.3. The van der Waals surface area contributed by atoms with Gasteiger partial charge in [0.1, 0.15) is 0 Å². The molecule has 1 heterocycles. The predicted molar refractivity (Wildman–Crippen MR) is 189 cm³/mol. The van der Waals surface area contributed by atoms with Crippen molar-refractivity contribution in [1.82, 2.24) is 0 Å². The van der Waals surface area contributed by atoms with Gasteiger partial charge in [0.15, 0.2) is 0 Å². The Bertz CT molecular complexity index is 2480. The normalized spacial score (nSPS) is 12.0. The first-order valence-corrected chi connectivity index (χ1v) is 15.3. The van der Waals surface area contributed by atoms with Crippen LogP contribution in [0.25, 0.3) is 87.8 Å². The molecule has 1 aromatic heterocycles. The summed E-state index contributed by atoms with van der Waals surface area (Å²) in [6.07, 6.45) is 3.28. The van der Waals surface area contributed by atoms with Crippen LogP contribution in [0.3, 0.4) is 0 Å². The van der Waals surface area contributed by atoms with Crippen molar-refractivity contribution >= 4 is 71.9 Å². The van der Waals surface area contributed by atoms with Crippen LogP contribution in [0, 0.1) is 5.41 Å². The second kappa shape index (κ2) is 10.2. The molecular formula is C41H27NS. The highest BCUT2D eigenvalue weighted by Crippen LogP contribution is 2.38. The third-order valence-corrected chi connectivity index (χ3v) is 9.69. The van der Waals surface area contributed by atoms with E-state index in [1.165, 1.54) is 53.7 Å². The average Bonchev–Trinajstić information content (AvgIpc) is 3.43. The van der Waals surface area contributed by atoms with Gasteiger partial charge >= 0.3 is 0 Å². The fourth-order valence-corrected chi connectivity index (χ4v) is 7.59. The van der Waals surface area contributed by atoms with E-state index in [1.54, 1.807) is 0 Å². The number of fused-ring (bicyclic) bond motifs is 5. The Morgan fingerprint density at radius 1 is 0.488 bits per heavy atom. The van der Waals surface area contributed by atoms with E-state index < -0.39 is 0 Å². The van der Waals surface area contributed by atoms with Crippen LogP contribution in [0.2, 0.25) is 0 Å². The maximum atomic E-state index is 8.07. The van der Waals surface area contributed by atoms with Crippen LogP contribution >= 0.6 is 11.3 Å². The largest absolute Gasteiger partial charge is 0.309 e. The van der Waals surface area contributed by atoms with Gasteiger partial charge in [0, 0.05) is 26.4 Å². The molecule has 0 radical (unpaired) electrons. The van der Waals surface area contributed by atoms with E-state index in [-0.39, 0.29) is 0 Å². The molecule has 0 spiro atoms. The third kappa shape index (κ3) is 4.19. The summed E-state index contributed by atoms with van der Waals surface area (Å²) in [4.78, 5) is 0. The summed E-state index contributed by atoms with van der Waals surface area (Å²) in [6.45, 7) is 4.64. The van der Waals surface area contributed by atoms with E-state index in [2.05, 4.69) is 140 Å². The van der Waals surface area contributed by atoms with Crippen molar-refractivity contribution in [2.24, 2.45) is 0 Å². The fourth-order valence-electron chi connectivity index (χ4n) is 6.50. The topological polar surface area (TPSA) is 23.9 Å². The van der Waals surface area contributed by atoms with Crippen molar-refractivity contribution in [2.45, 2.75) is 0 Å². The van der Waals surface area contributed by atoms with E-state index in [4.69, 9.17) is 5.41 Å². The Balaban J connectivity index is 1.33. The molecule has 0 unspecified atom stereocenters. The number of nitrogens with one attached hydrogen (secondary N) is 1. The van der Waals surface area contributed by atoms with Gasteiger partial charge in [-0.3, -0.25) is 0 Å². The zero-order chi connectivity index (χ0) is 28.9. The molecule has 2 heteroatoms. The third-order valence-electron chi connectivity index (χ3n) is 8.53. The summed E-state index contributed by atoms with van der Waals surface area (Å²) in [5.41, 5.74) is 6.88. The number of thiophene rings is 1. The molecule has 8 rings (SSSR count). The molecule has 0 saturated carbocycles. The van der Waals surface area contributed by atoms with E-state index in [0.717, 1.165) is 38.1 Å². The molecule has 1 N–H and O–H groups in total. The molecule has 202 valence electrons. The van der Waals surface area contributed by atoms with E-state index in [9.17, 15) is 0 Å². The summed E-state index contributed by atoms with van der Waals surface area (Å²) in [7, 11) is 0. The minimum absolute atomic E-state index is 0.936. The Morgan fingerprint density at radius 3 is 1.88 bits per heavy atom. The van der Waals surface area contributed by atoms with Gasteiger partial charge in [0.25, 0.3) is 0 Å². The minimum atomic E-state index is 0.936. The highest BCUT2D eigenvalue weighted by molar-refractivity contribution is 7.25. The monoisotopic (exact) mass is 565 g/mol. The number of benzene rings is 7. The maximum absolute atomic E-state index is 8.07. The zero-order valence-electron chi connectivity index (χ0n) is 23.5. The maximum Gasteiger partial charge on any atom is 0.0355 e. The van der Waals surface area contributed by atoms with Gasteiger partial charge in [0.2, 0.25) is 0 Å². The first kappa shape index (κ1) is 25.4. The Labute approximate surface area is 253 Å². The molecule has 0 aliphatic rings. The van der Waals surface area contributed by atoms with Crippen molar-refractivity contribution in [1.29, 1.82) is 5.41 Å². The van der Waals surface area contributed by atoms with Crippen LogP contribution in [0.5, 0.6) is 0 Å². The highest BCUT2D eigenvalue weighted by Gasteiger charge is 2.15. The molecule has 0 aliphatic heterocycles. The lowest BCUT2D eigenvalue weighted by Gasteiger charge is -2.16. The van der Waals surface area contributed by atoms with Crippen molar-refractivity contribution in [3.63, 3.8) is 0 Å². The van der Waals surface area contributed by atoms with E-state index >= 15 is 0 Å². The summed E-state index contributed by atoms with van der Waals surface area (Å²) in [6, 6.07) is 47.9. The predicted octanol–water partition coefficient (Wildman–Crippen LogP) is 10.2. The van der Waals surface area contributed by atoms with Gasteiger partial charge in [-0.25, -0.2) is 0 Å². The molecule has 43 heavy (non-hydrogen) atoms. The lowest BCUT2D eigenvalue weighted by Crippen LogP contribution is -2.28. The number of hydrogen-bond acceptors (Lipinski definition) is 2. The Morgan fingerprint density at radius 2 is 1.09 bits per heavy atom. The van der Waals surface area contributed by atoms with Gasteiger partial charge in [-0.15, -0.1) is 11.3 Å². The van der Waals surface area contributed by atoms with Crippen molar-refractivity contribution in [2.75, 3.05) is 0 Å². The molecule has 7 aromatic carbocycles. The molecule has 1 nitrogen and oxygen atoms in total. The summed E-state index contributed by atoms with van der Waals surface area (Å²) >= 11 is 1.83. The molecule has 0 saturated heterocycles. The van der Waals surface area contributed by atoms with E-state index in [0.29, 0.717) is 0 Å². The Kier molecular flexibility index (Phi) is 6.03. The minimum Gasteiger partial charge on any atom is -0.309 e. The van der Waals surface area contributed by atoms with Gasteiger partial charge in [-0.05, 0) is 95.7 Å². The van der Waals surface area contributed by atoms with Gasteiger partial charge < -0.3 is 5.41 Å². The molecule has 0 amide bonds. The average molecular weight is 566 g/mol. The lowest BCUT2D eigenvalue weighted by atomic mass is 9.87. The van der Waals surface area contributed by atoms with Crippen LogP contribution in [0.1, 0.15) is 0 Å². The van der Waals surface area contributed by atoms with Crippen LogP contribution in [-0.4, -0.2) is 6.21 Å². The van der Waals surface area contributed by atoms with Gasteiger partial charge in [-0.1, -0.05) is 116 Å². The van der Waals surface area contributed by atoms with E-state index in [1.807, 2.05) is 17.4 Å². The van der Waals surface area contributed by atoms with Crippen LogP contribution in [0.15, 0.2) is 133 Å². The SMILES string of the molecule is C=c1c(-c2ccc(-c3ccc4ccccc4c3)cc2)c2ccccc2c(-c2ccc3sc4ccccc4c3c2)/c1=C/C=N. The van der Waals surface area contributed by atoms with Crippen molar-refractivity contribution in [3.8, 4) is 33.4 Å². The highest BCUT2D eigenvalue weighted by atomic mass is 32.1. The summed E-state index contributed by atoms with van der Waals surface area (Å²) < 4.78 is 2.58. The number of hydrogen-bond donors (Lipinski definition) is 1. The van der Waals surface area contributed by atoms with Crippen molar-refractivity contribution in [3.05, 3.63) is 144 Å². The van der Waals surface area contributed by atoms with Gasteiger partial charge in [-0.2, -0.15) is 0 Å². The van der Waals surface area contributed by atoms with Crippen LogP contribution < -0.4 is 10.4 Å². The second-order valence-corrected chi connectivity index (χ2v) is 12.1. The molecule has 0 atom stereocenters. The first-order valence-electron chi connectivity index (χ1n) is 14.5. The summed E-state index contributed by atoms with van der Waals surface area (Å²) in [5, 5.41) is 17.4. The van der Waals surface area contributed by atoms with Crippen molar-refractivity contribution < 1.29 is 0 Å². The molecule has 0 aliphatic carbocycles. The molecule has 0 bridgehead atoms. The smallest absolute Gasteiger partial charge is 0.0355 e. The molecule has 0 fully saturated rings. The van der Waals surface area contributed by atoms with Crippen LogP contribution in [-0.2, 0) is 0 Å². The van der Waals surface area contributed by atoms with Gasteiger partial charge in [0.05, 0.1) is 0 Å². The fraction of sp³-hybridized carbons (Fsp3) is 0. The Hall–Kier alpha value is -5.31. The quantitative estimate of drug-likeness (QED) is 0.205. The van der Waals surface area contributed by atoms with Crippen LogP contribution in [0.4, 0.5) is 0 Å². The number of rotatable bonds is 4. The first-order chi connectivity index (χ1) is 21.2. The summed E-state index contributed by atoms with van der Waals surface area (Å²) in [5.74, 6) is 0. The lowest BCUT2D eigenvalue weighted by molar-refractivity contribution is 1.53. The molecule has 8 aromatic rings. The molecular weight excluding hydrogens is 539 g/mol. The standard InChI is InChI=1S/C41H27NS/c1-26-33(22-23-42)41(32-20-21-39-37(25-32)34-10-6-7-13-38(34)43-39)36-12-5-4-11-35(36)40(26)29-17-14-28(15-18-29)31-19-16-27-8-2-3-9-30(27)24-31/h2-25,42H,1H2/b33-22+,42-23?. The second-order valence-electron chi connectivity index (χ2n) is 11.0.